The predicted molar refractivity (Wildman–Crippen MR) is 161 cm³/mol. The molecule has 10 heteroatoms. The fourth-order valence-corrected chi connectivity index (χ4v) is 7.30. The first-order valence-corrected chi connectivity index (χ1v) is 15.5. The molecule has 43 heavy (non-hydrogen) atoms. The standard InChI is InChI=1S/C33H41N5O5/c1-42-28-17-22-8-11-31(40)38-19-23-16-26(21-37(18-23)33(41)25-9-10-29-34-13-14-36(29)20-25)27(38)6-3-7-30(39)35-12-4-5-24(15-22)32(28)43-2/h9-10,13-15,17,20,23,26-27H,3-8,11-12,16,18-19,21H2,1-2H3,(H,35,39)/t23-,26-,27-/m0/s1. The molecule has 4 bridgehead atoms. The van der Waals surface area contributed by atoms with Crippen molar-refractivity contribution < 1.29 is 23.9 Å². The molecule has 1 aromatic carbocycles. The first kappa shape index (κ1) is 29.0. The van der Waals surface area contributed by atoms with Crippen molar-refractivity contribution in [2.45, 2.75) is 57.4 Å². The number of methoxy groups -OCH3 is 2. The van der Waals surface area contributed by atoms with E-state index in [1.807, 2.05) is 39.9 Å². The molecule has 1 N–H and O–H groups in total. The lowest BCUT2D eigenvalue weighted by Gasteiger charge is -2.51. The Hall–Kier alpha value is -4.08. The number of imidazole rings is 1. The quantitative estimate of drug-likeness (QED) is 0.503. The van der Waals surface area contributed by atoms with Gasteiger partial charge in [-0.2, -0.15) is 0 Å². The number of benzene rings is 1. The largest absolute Gasteiger partial charge is 0.493 e. The van der Waals surface area contributed by atoms with E-state index in [1.54, 1.807) is 20.4 Å². The summed E-state index contributed by atoms with van der Waals surface area (Å²) in [5.74, 6) is 1.95. The molecule has 0 spiro atoms. The van der Waals surface area contributed by atoms with Crippen molar-refractivity contribution in [1.29, 1.82) is 0 Å². The molecule has 6 rings (SSSR count). The number of likely N-dealkylation sites (tertiary alicyclic amines) is 1. The third-order valence-corrected chi connectivity index (χ3v) is 9.30. The number of aromatic nitrogens is 2. The van der Waals surface area contributed by atoms with E-state index in [0.717, 1.165) is 42.5 Å². The Balaban J connectivity index is 1.22. The number of ether oxygens (including phenoxy) is 2. The van der Waals surface area contributed by atoms with Crippen molar-refractivity contribution in [3.05, 3.63) is 59.5 Å². The monoisotopic (exact) mass is 587 g/mol. The van der Waals surface area contributed by atoms with E-state index >= 15 is 0 Å². The third kappa shape index (κ3) is 6.19. The van der Waals surface area contributed by atoms with Crippen molar-refractivity contribution >= 4 is 23.4 Å². The van der Waals surface area contributed by atoms with Crippen molar-refractivity contribution in [3.63, 3.8) is 0 Å². The van der Waals surface area contributed by atoms with Gasteiger partial charge in [-0.1, -0.05) is 6.07 Å². The molecule has 3 aromatic rings. The molecule has 0 saturated carbocycles. The minimum atomic E-state index is -0.00264. The summed E-state index contributed by atoms with van der Waals surface area (Å²) in [6.45, 7) is 2.47. The van der Waals surface area contributed by atoms with Crippen molar-refractivity contribution in [3.8, 4) is 11.5 Å². The maximum Gasteiger partial charge on any atom is 0.255 e. The Morgan fingerprint density at radius 1 is 1.00 bits per heavy atom. The molecule has 228 valence electrons. The number of piperidine rings is 2. The summed E-state index contributed by atoms with van der Waals surface area (Å²) in [4.78, 5) is 48.5. The summed E-state index contributed by atoms with van der Waals surface area (Å²) in [6.07, 6.45) is 10.8. The molecule has 3 atom stereocenters. The van der Waals surface area contributed by atoms with E-state index in [1.165, 1.54) is 0 Å². The van der Waals surface area contributed by atoms with Gasteiger partial charge in [-0.05, 0) is 79.7 Å². The molecule has 2 saturated heterocycles. The topological polar surface area (TPSA) is 105 Å². The molecule has 0 aliphatic carbocycles. The van der Waals surface area contributed by atoms with Crippen LogP contribution in [0.25, 0.3) is 5.65 Å². The minimum absolute atomic E-state index is 0.00264. The summed E-state index contributed by atoms with van der Waals surface area (Å²) in [5.41, 5.74) is 3.51. The smallest absolute Gasteiger partial charge is 0.255 e. The van der Waals surface area contributed by atoms with E-state index < -0.39 is 0 Å². The average molecular weight is 588 g/mol. The lowest BCUT2D eigenvalue weighted by molar-refractivity contribution is -0.140. The molecule has 3 aliphatic rings. The highest BCUT2D eigenvalue weighted by molar-refractivity contribution is 5.94. The van der Waals surface area contributed by atoms with Gasteiger partial charge in [0.25, 0.3) is 5.91 Å². The van der Waals surface area contributed by atoms with Crippen LogP contribution < -0.4 is 14.8 Å². The number of amides is 3. The van der Waals surface area contributed by atoms with Crippen LogP contribution in [0, 0.1) is 11.8 Å². The molecule has 0 radical (unpaired) electrons. The van der Waals surface area contributed by atoms with Gasteiger partial charge in [0, 0.05) is 63.7 Å². The predicted octanol–water partition coefficient (Wildman–Crippen LogP) is 3.51. The number of carbonyl (C=O) groups excluding carboxylic acids is 3. The van der Waals surface area contributed by atoms with Crippen LogP contribution in [0.2, 0.25) is 0 Å². The number of pyridine rings is 1. The molecule has 2 aromatic heterocycles. The van der Waals surface area contributed by atoms with Crippen LogP contribution in [0.4, 0.5) is 0 Å². The van der Waals surface area contributed by atoms with Gasteiger partial charge < -0.3 is 29.0 Å². The van der Waals surface area contributed by atoms with Gasteiger partial charge in [-0.3, -0.25) is 14.4 Å². The first-order valence-electron chi connectivity index (χ1n) is 15.5. The van der Waals surface area contributed by atoms with Gasteiger partial charge in [0.2, 0.25) is 11.8 Å². The Bertz CT molecular complexity index is 1500. The van der Waals surface area contributed by atoms with Crippen LogP contribution in [0.5, 0.6) is 11.5 Å². The number of hydrogen-bond donors (Lipinski definition) is 1. The van der Waals surface area contributed by atoms with Gasteiger partial charge in [-0.25, -0.2) is 4.98 Å². The molecule has 10 nitrogen and oxygen atoms in total. The fourth-order valence-electron chi connectivity index (χ4n) is 7.30. The lowest BCUT2D eigenvalue weighted by Crippen LogP contribution is -2.60. The van der Waals surface area contributed by atoms with Crippen LogP contribution in [-0.2, 0) is 22.4 Å². The summed E-state index contributed by atoms with van der Waals surface area (Å²) in [5, 5.41) is 3.06. The first-order chi connectivity index (χ1) is 20.9. The maximum absolute atomic E-state index is 13.8. The molecule has 3 amide bonds. The van der Waals surface area contributed by atoms with Gasteiger partial charge >= 0.3 is 0 Å². The number of fused-ring (bicyclic) bond motifs is 7. The highest BCUT2D eigenvalue weighted by Crippen LogP contribution is 2.37. The second-order valence-electron chi connectivity index (χ2n) is 12.1. The maximum atomic E-state index is 13.8. The Morgan fingerprint density at radius 2 is 1.88 bits per heavy atom. The van der Waals surface area contributed by atoms with Crippen LogP contribution in [0.1, 0.15) is 60.0 Å². The Labute approximate surface area is 252 Å². The minimum Gasteiger partial charge on any atom is -0.493 e. The lowest BCUT2D eigenvalue weighted by atomic mass is 9.77. The van der Waals surface area contributed by atoms with Gasteiger partial charge in [0.15, 0.2) is 11.5 Å². The molecule has 5 heterocycles. The van der Waals surface area contributed by atoms with E-state index in [2.05, 4.69) is 21.3 Å². The molecule has 3 aliphatic heterocycles. The SMILES string of the molecule is COc1cc2cc(c1OC)CCCNC(=O)CCC[C@H]1[C@H]3C[C@@H](CN(C(=O)c4ccc5nccn5c4)C3)CN1C(=O)CC2. The highest BCUT2D eigenvalue weighted by atomic mass is 16.5. The Morgan fingerprint density at radius 3 is 2.72 bits per heavy atom. The highest BCUT2D eigenvalue weighted by Gasteiger charge is 2.43. The summed E-state index contributed by atoms with van der Waals surface area (Å²) >= 11 is 0. The number of nitrogens with zero attached hydrogens (tertiary/aromatic N) is 4. The summed E-state index contributed by atoms with van der Waals surface area (Å²) in [7, 11) is 3.27. The van der Waals surface area contributed by atoms with Crippen LogP contribution in [0.15, 0.2) is 42.9 Å². The van der Waals surface area contributed by atoms with E-state index in [9.17, 15) is 14.4 Å². The molecule has 0 unspecified atom stereocenters. The number of carbonyl (C=O) groups is 3. The second kappa shape index (κ2) is 12.7. The van der Waals surface area contributed by atoms with E-state index in [-0.39, 0.29) is 35.6 Å². The molecular formula is C33H41N5O5. The summed E-state index contributed by atoms with van der Waals surface area (Å²) < 4.78 is 13.2. The van der Waals surface area contributed by atoms with Crippen molar-refractivity contribution in [2.24, 2.45) is 11.8 Å². The molecular weight excluding hydrogens is 546 g/mol. The van der Waals surface area contributed by atoms with Crippen LogP contribution in [0.3, 0.4) is 0 Å². The van der Waals surface area contributed by atoms with Crippen LogP contribution >= 0.6 is 0 Å². The number of nitrogens with one attached hydrogen (secondary N) is 1. The fraction of sp³-hybridized carbons (Fsp3) is 0.515. The number of rotatable bonds is 3. The van der Waals surface area contributed by atoms with E-state index in [4.69, 9.17) is 9.47 Å². The van der Waals surface area contributed by atoms with Gasteiger partial charge in [0.05, 0.1) is 19.8 Å². The zero-order valence-corrected chi connectivity index (χ0v) is 25.1. The van der Waals surface area contributed by atoms with Gasteiger partial charge in [0.1, 0.15) is 5.65 Å². The number of hydrogen-bond acceptors (Lipinski definition) is 6. The zero-order chi connectivity index (χ0) is 29.9. The molecule has 2 fully saturated rings. The van der Waals surface area contributed by atoms with Crippen LogP contribution in [-0.4, -0.2) is 83.3 Å². The second-order valence-corrected chi connectivity index (χ2v) is 12.1. The third-order valence-electron chi connectivity index (χ3n) is 9.30. The summed E-state index contributed by atoms with van der Waals surface area (Å²) in [6, 6.07) is 7.78. The normalized spacial score (nSPS) is 23.4. The zero-order valence-electron chi connectivity index (χ0n) is 25.1. The van der Waals surface area contributed by atoms with E-state index in [0.29, 0.717) is 68.9 Å². The Kier molecular flexibility index (Phi) is 8.54. The average Bonchev–Trinajstić information content (AvgIpc) is 3.49. The van der Waals surface area contributed by atoms with Gasteiger partial charge in [-0.15, -0.1) is 0 Å². The van der Waals surface area contributed by atoms with Crippen molar-refractivity contribution in [1.82, 2.24) is 24.5 Å². The van der Waals surface area contributed by atoms with Crippen molar-refractivity contribution in [2.75, 3.05) is 40.4 Å². The number of aryl methyl sites for hydroxylation is 2.